The lowest BCUT2D eigenvalue weighted by atomic mass is 10.1. The van der Waals surface area contributed by atoms with Crippen molar-refractivity contribution in [3.8, 4) is 0 Å². The number of benzene rings is 1. The Kier molecular flexibility index (Phi) is 4.40. The van der Waals surface area contributed by atoms with E-state index in [2.05, 4.69) is 36.1 Å². The molecule has 2 N–H and O–H groups in total. The van der Waals surface area contributed by atoms with Gasteiger partial charge in [-0.3, -0.25) is 0 Å². The quantitative estimate of drug-likeness (QED) is 0.863. The van der Waals surface area contributed by atoms with E-state index in [4.69, 9.17) is 10.5 Å². The first kappa shape index (κ1) is 12.4. The molecule has 0 unspecified atom stereocenters. The predicted octanol–water partition coefficient (Wildman–Crippen LogP) is 1.80. The van der Waals surface area contributed by atoms with E-state index in [1.54, 1.807) is 0 Å². The molecule has 17 heavy (non-hydrogen) atoms. The van der Waals surface area contributed by atoms with E-state index < -0.39 is 0 Å². The number of anilines is 1. The minimum Gasteiger partial charge on any atom is -0.378 e. The third-order valence-electron chi connectivity index (χ3n) is 3.20. The Morgan fingerprint density at radius 2 is 1.88 bits per heavy atom. The molecule has 0 saturated carbocycles. The van der Waals surface area contributed by atoms with Crippen molar-refractivity contribution in [2.75, 3.05) is 31.2 Å². The van der Waals surface area contributed by atoms with Crippen LogP contribution in [0.2, 0.25) is 0 Å². The summed E-state index contributed by atoms with van der Waals surface area (Å²) in [5.41, 5.74) is 8.44. The second-order valence-corrected chi connectivity index (χ2v) is 4.78. The van der Waals surface area contributed by atoms with E-state index in [9.17, 15) is 0 Å². The zero-order chi connectivity index (χ0) is 12.1. The molecule has 3 heteroatoms. The Morgan fingerprint density at radius 3 is 2.47 bits per heavy atom. The van der Waals surface area contributed by atoms with Crippen molar-refractivity contribution in [1.82, 2.24) is 0 Å². The van der Waals surface area contributed by atoms with Crippen LogP contribution in [0.4, 0.5) is 5.69 Å². The first-order valence-electron chi connectivity index (χ1n) is 6.43. The van der Waals surface area contributed by atoms with Crippen molar-refractivity contribution in [2.45, 2.75) is 25.8 Å². The Labute approximate surface area is 104 Å². The molecule has 3 nitrogen and oxygen atoms in total. The van der Waals surface area contributed by atoms with Crippen LogP contribution in [0.3, 0.4) is 0 Å². The highest BCUT2D eigenvalue weighted by Crippen LogP contribution is 2.17. The van der Waals surface area contributed by atoms with Gasteiger partial charge in [-0.15, -0.1) is 0 Å². The highest BCUT2D eigenvalue weighted by Gasteiger charge is 2.10. The Morgan fingerprint density at radius 1 is 1.24 bits per heavy atom. The van der Waals surface area contributed by atoms with Gasteiger partial charge in [-0.25, -0.2) is 0 Å². The van der Waals surface area contributed by atoms with Crippen LogP contribution < -0.4 is 10.6 Å². The summed E-state index contributed by atoms with van der Waals surface area (Å²) in [6, 6.07) is 9.14. The largest absolute Gasteiger partial charge is 0.378 e. The number of rotatable bonds is 4. The summed E-state index contributed by atoms with van der Waals surface area (Å²) in [5.74, 6) is 0. The van der Waals surface area contributed by atoms with Gasteiger partial charge in [-0.1, -0.05) is 12.1 Å². The van der Waals surface area contributed by atoms with Crippen LogP contribution in [-0.4, -0.2) is 32.3 Å². The molecule has 0 aromatic heterocycles. The fourth-order valence-electron chi connectivity index (χ4n) is 2.09. The maximum atomic E-state index is 5.76. The lowest BCUT2D eigenvalue weighted by Gasteiger charge is -2.28. The third kappa shape index (κ3) is 3.72. The van der Waals surface area contributed by atoms with Crippen LogP contribution in [0.25, 0.3) is 0 Å². The van der Waals surface area contributed by atoms with Crippen LogP contribution in [0.1, 0.15) is 18.9 Å². The van der Waals surface area contributed by atoms with Crippen LogP contribution in [0, 0.1) is 0 Å². The van der Waals surface area contributed by atoms with E-state index in [-0.39, 0.29) is 6.04 Å². The zero-order valence-corrected chi connectivity index (χ0v) is 10.6. The minimum atomic E-state index is 0.286. The fraction of sp³-hybridized carbons (Fsp3) is 0.571. The monoisotopic (exact) mass is 234 g/mol. The number of ether oxygens (including phenoxy) is 1. The Hall–Kier alpha value is -1.06. The molecule has 1 aromatic carbocycles. The average molecular weight is 234 g/mol. The van der Waals surface area contributed by atoms with Gasteiger partial charge < -0.3 is 15.4 Å². The van der Waals surface area contributed by atoms with Crippen molar-refractivity contribution in [3.05, 3.63) is 29.8 Å². The first-order valence-corrected chi connectivity index (χ1v) is 6.43. The molecule has 1 aliphatic heterocycles. The summed E-state index contributed by atoms with van der Waals surface area (Å²) in [4.78, 5) is 2.37. The van der Waals surface area contributed by atoms with Gasteiger partial charge in [-0.2, -0.15) is 0 Å². The number of nitrogens with zero attached hydrogens (tertiary/aromatic N) is 1. The molecule has 1 aromatic rings. The zero-order valence-electron chi connectivity index (χ0n) is 10.6. The SMILES string of the molecule is C[C@@H](N)CCc1ccc(N2CCOCC2)cc1. The molecule has 1 atom stereocenters. The minimum absolute atomic E-state index is 0.286. The van der Waals surface area contributed by atoms with Gasteiger partial charge in [0, 0.05) is 24.8 Å². The Bertz CT molecular complexity index is 329. The topological polar surface area (TPSA) is 38.5 Å². The summed E-state index contributed by atoms with van der Waals surface area (Å²) in [5, 5.41) is 0. The average Bonchev–Trinajstić information content (AvgIpc) is 2.38. The van der Waals surface area contributed by atoms with Gasteiger partial charge in [-0.05, 0) is 37.5 Å². The van der Waals surface area contributed by atoms with Crippen molar-refractivity contribution in [1.29, 1.82) is 0 Å². The summed E-state index contributed by atoms with van der Waals surface area (Å²) in [6.07, 6.45) is 2.12. The number of morpholine rings is 1. The number of nitrogens with two attached hydrogens (primary N) is 1. The van der Waals surface area contributed by atoms with Gasteiger partial charge in [0.1, 0.15) is 0 Å². The second kappa shape index (κ2) is 6.03. The number of aryl methyl sites for hydroxylation is 1. The molecule has 1 fully saturated rings. The van der Waals surface area contributed by atoms with Gasteiger partial charge in [0.15, 0.2) is 0 Å². The van der Waals surface area contributed by atoms with E-state index >= 15 is 0 Å². The Balaban J connectivity index is 1.92. The normalized spacial score (nSPS) is 18.1. The molecule has 1 heterocycles. The lowest BCUT2D eigenvalue weighted by Crippen LogP contribution is -2.36. The molecule has 0 aliphatic carbocycles. The molecule has 1 saturated heterocycles. The number of hydrogen-bond acceptors (Lipinski definition) is 3. The van der Waals surface area contributed by atoms with E-state index in [1.807, 2.05) is 0 Å². The van der Waals surface area contributed by atoms with Gasteiger partial charge in [0.25, 0.3) is 0 Å². The van der Waals surface area contributed by atoms with Crippen molar-refractivity contribution >= 4 is 5.69 Å². The third-order valence-corrected chi connectivity index (χ3v) is 3.20. The molecule has 1 aliphatic rings. The molecular weight excluding hydrogens is 212 g/mol. The standard InChI is InChI=1S/C14H22N2O/c1-12(15)2-3-13-4-6-14(7-5-13)16-8-10-17-11-9-16/h4-7,12H,2-3,8-11,15H2,1H3/t12-/m1/s1. The summed E-state index contributed by atoms with van der Waals surface area (Å²) < 4.78 is 5.35. The lowest BCUT2D eigenvalue weighted by molar-refractivity contribution is 0.122. The van der Waals surface area contributed by atoms with E-state index in [0.29, 0.717) is 0 Å². The number of hydrogen-bond donors (Lipinski definition) is 1. The van der Waals surface area contributed by atoms with Crippen LogP contribution in [0.15, 0.2) is 24.3 Å². The summed E-state index contributed by atoms with van der Waals surface area (Å²) >= 11 is 0. The maximum Gasteiger partial charge on any atom is 0.0642 e. The first-order chi connectivity index (χ1) is 8.25. The van der Waals surface area contributed by atoms with Crippen LogP contribution in [-0.2, 0) is 11.2 Å². The summed E-state index contributed by atoms with van der Waals surface area (Å²) in [7, 11) is 0. The molecule has 2 rings (SSSR count). The fourth-order valence-corrected chi connectivity index (χ4v) is 2.09. The van der Waals surface area contributed by atoms with Crippen molar-refractivity contribution < 1.29 is 4.74 Å². The second-order valence-electron chi connectivity index (χ2n) is 4.78. The van der Waals surface area contributed by atoms with Crippen molar-refractivity contribution in [3.63, 3.8) is 0 Å². The van der Waals surface area contributed by atoms with Crippen LogP contribution >= 0.6 is 0 Å². The highest BCUT2D eigenvalue weighted by atomic mass is 16.5. The van der Waals surface area contributed by atoms with E-state index in [1.165, 1.54) is 11.3 Å². The smallest absolute Gasteiger partial charge is 0.0642 e. The molecular formula is C14H22N2O. The molecule has 0 amide bonds. The van der Waals surface area contributed by atoms with Crippen molar-refractivity contribution in [2.24, 2.45) is 5.73 Å². The maximum absolute atomic E-state index is 5.76. The molecule has 0 bridgehead atoms. The van der Waals surface area contributed by atoms with Gasteiger partial charge in [0.05, 0.1) is 13.2 Å². The van der Waals surface area contributed by atoms with Crippen LogP contribution in [0.5, 0.6) is 0 Å². The highest BCUT2D eigenvalue weighted by molar-refractivity contribution is 5.47. The predicted molar refractivity (Wildman–Crippen MR) is 71.4 cm³/mol. The molecule has 0 radical (unpaired) electrons. The van der Waals surface area contributed by atoms with Gasteiger partial charge in [0.2, 0.25) is 0 Å². The van der Waals surface area contributed by atoms with Gasteiger partial charge >= 0.3 is 0 Å². The molecule has 94 valence electrons. The van der Waals surface area contributed by atoms with E-state index in [0.717, 1.165) is 39.1 Å². The summed E-state index contributed by atoms with van der Waals surface area (Å²) in [6.45, 7) is 5.74. The molecule has 0 spiro atoms.